The second-order valence-corrected chi connectivity index (χ2v) is 7.08. The minimum absolute atomic E-state index is 0.178. The van der Waals surface area contributed by atoms with Gasteiger partial charge >= 0.3 is 0 Å². The monoisotopic (exact) mass is 266 g/mol. The molecule has 19 heavy (non-hydrogen) atoms. The molecule has 1 aromatic heterocycles. The maximum absolute atomic E-state index is 9.87. The molecule has 2 rings (SSSR count). The van der Waals surface area contributed by atoms with Gasteiger partial charge < -0.3 is 14.9 Å². The van der Waals surface area contributed by atoms with Crippen LogP contribution in [0.25, 0.3) is 0 Å². The molecule has 1 aliphatic rings. The normalized spacial score (nSPS) is 30.5. The SMILES string of the molecule is Cc1cc(CNC2(CO)CC(C)CC(C)(C)C2)no1. The second kappa shape index (κ2) is 5.25. The average Bonchev–Trinajstić information content (AvgIpc) is 2.70. The van der Waals surface area contributed by atoms with Crippen LogP contribution in [0.3, 0.4) is 0 Å². The molecule has 1 aliphatic carbocycles. The minimum Gasteiger partial charge on any atom is -0.394 e. The van der Waals surface area contributed by atoms with Crippen molar-refractivity contribution in [1.29, 1.82) is 0 Å². The van der Waals surface area contributed by atoms with E-state index < -0.39 is 0 Å². The summed E-state index contributed by atoms with van der Waals surface area (Å²) in [5.41, 5.74) is 0.989. The molecule has 0 amide bonds. The van der Waals surface area contributed by atoms with E-state index in [4.69, 9.17) is 4.52 Å². The molecule has 4 nitrogen and oxygen atoms in total. The number of nitrogens with one attached hydrogen (secondary N) is 1. The summed E-state index contributed by atoms with van der Waals surface area (Å²) in [6, 6.07) is 1.94. The van der Waals surface area contributed by atoms with Gasteiger partial charge in [-0.15, -0.1) is 0 Å². The van der Waals surface area contributed by atoms with Crippen LogP contribution in [-0.2, 0) is 6.54 Å². The van der Waals surface area contributed by atoms with E-state index in [9.17, 15) is 5.11 Å². The van der Waals surface area contributed by atoms with Gasteiger partial charge in [-0.25, -0.2) is 0 Å². The van der Waals surface area contributed by atoms with E-state index in [1.165, 1.54) is 6.42 Å². The summed E-state index contributed by atoms with van der Waals surface area (Å²) in [4.78, 5) is 0. The third-order valence-corrected chi connectivity index (χ3v) is 4.08. The van der Waals surface area contributed by atoms with Crippen molar-refractivity contribution in [2.24, 2.45) is 11.3 Å². The summed E-state index contributed by atoms with van der Waals surface area (Å²) in [6.45, 7) is 9.57. The lowest BCUT2D eigenvalue weighted by molar-refractivity contribution is 0.0349. The molecule has 1 saturated carbocycles. The zero-order valence-electron chi connectivity index (χ0n) is 12.5. The fraction of sp³-hybridized carbons (Fsp3) is 0.800. The Morgan fingerprint density at radius 1 is 1.47 bits per heavy atom. The molecule has 4 heteroatoms. The molecule has 1 aromatic rings. The van der Waals surface area contributed by atoms with E-state index in [0.29, 0.717) is 12.5 Å². The third-order valence-electron chi connectivity index (χ3n) is 4.08. The van der Waals surface area contributed by atoms with Crippen molar-refractivity contribution >= 4 is 0 Å². The molecule has 1 fully saturated rings. The fourth-order valence-electron chi connectivity index (χ4n) is 3.83. The highest BCUT2D eigenvalue weighted by Gasteiger charge is 2.42. The lowest BCUT2D eigenvalue weighted by Gasteiger charge is -2.47. The van der Waals surface area contributed by atoms with Crippen LogP contribution >= 0.6 is 0 Å². The number of nitrogens with zero attached hydrogens (tertiary/aromatic N) is 1. The first-order valence-electron chi connectivity index (χ1n) is 7.12. The highest BCUT2D eigenvalue weighted by molar-refractivity contribution is 5.05. The van der Waals surface area contributed by atoms with Gasteiger partial charge in [-0.1, -0.05) is 25.9 Å². The number of hydrogen-bond acceptors (Lipinski definition) is 4. The molecule has 0 aliphatic heterocycles. The number of rotatable bonds is 4. The van der Waals surface area contributed by atoms with Crippen LogP contribution < -0.4 is 5.32 Å². The van der Waals surface area contributed by atoms with E-state index in [2.05, 4.69) is 31.2 Å². The molecule has 0 bridgehead atoms. The van der Waals surface area contributed by atoms with E-state index in [-0.39, 0.29) is 17.6 Å². The standard InChI is InChI=1S/C15H26N2O2/c1-11-6-14(3,4)9-15(7-11,10-18)16-8-13-5-12(2)19-17-13/h5,11,16,18H,6-10H2,1-4H3. The van der Waals surface area contributed by atoms with E-state index in [1.807, 2.05) is 13.0 Å². The van der Waals surface area contributed by atoms with Gasteiger partial charge in [0.05, 0.1) is 12.3 Å². The van der Waals surface area contributed by atoms with Crippen LogP contribution in [0.2, 0.25) is 0 Å². The number of aliphatic hydroxyl groups excluding tert-OH is 1. The van der Waals surface area contributed by atoms with Gasteiger partial charge in [-0.3, -0.25) is 0 Å². The van der Waals surface area contributed by atoms with Crippen molar-refractivity contribution in [3.63, 3.8) is 0 Å². The van der Waals surface area contributed by atoms with Crippen molar-refractivity contribution in [2.75, 3.05) is 6.61 Å². The van der Waals surface area contributed by atoms with Gasteiger partial charge in [0.1, 0.15) is 5.76 Å². The highest BCUT2D eigenvalue weighted by atomic mass is 16.5. The average molecular weight is 266 g/mol. The highest BCUT2D eigenvalue weighted by Crippen LogP contribution is 2.43. The topological polar surface area (TPSA) is 58.3 Å². The Morgan fingerprint density at radius 3 is 2.74 bits per heavy atom. The lowest BCUT2D eigenvalue weighted by atomic mass is 9.64. The maximum Gasteiger partial charge on any atom is 0.133 e. The van der Waals surface area contributed by atoms with Gasteiger partial charge in [-0.05, 0) is 37.5 Å². The maximum atomic E-state index is 9.87. The van der Waals surface area contributed by atoms with Crippen molar-refractivity contribution in [1.82, 2.24) is 10.5 Å². The summed E-state index contributed by atoms with van der Waals surface area (Å²) < 4.78 is 5.08. The Hall–Kier alpha value is -0.870. The summed E-state index contributed by atoms with van der Waals surface area (Å²) in [6.07, 6.45) is 3.24. The molecule has 0 aromatic carbocycles. The first-order chi connectivity index (χ1) is 8.84. The molecular formula is C15H26N2O2. The van der Waals surface area contributed by atoms with E-state index in [1.54, 1.807) is 0 Å². The Labute approximate surface area is 115 Å². The first-order valence-corrected chi connectivity index (χ1v) is 7.12. The lowest BCUT2D eigenvalue weighted by Crippen LogP contribution is -2.54. The zero-order valence-corrected chi connectivity index (χ0v) is 12.5. The van der Waals surface area contributed by atoms with Crippen LogP contribution in [0.15, 0.2) is 10.6 Å². The third kappa shape index (κ3) is 3.57. The summed E-state index contributed by atoms with van der Waals surface area (Å²) in [5, 5.41) is 17.4. The summed E-state index contributed by atoms with van der Waals surface area (Å²) >= 11 is 0. The van der Waals surface area contributed by atoms with Crippen LogP contribution in [0.4, 0.5) is 0 Å². The quantitative estimate of drug-likeness (QED) is 0.879. The van der Waals surface area contributed by atoms with E-state index in [0.717, 1.165) is 24.3 Å². The van der Waals surface area contributed by atoms with Crippen LogP contribution in [0.5, 0.6) is 0 Å². The fourth-order valence-corrected chi connectivity index (χ4v) is 3.83. The van der Waals surface area contributed by atoms with Crippen LogP contribution in [0, 0.1) is 18.3 Å². The van der Waals surface area contributed by atoms with Crippen molar-refractivity contribution in [3.8, 4) is 0 Å². The molecule has 0 spiro atoms. The van der Waals surface area contributed by atoms with Gasteiger partial charge in [0.25, 0.3) is 0 Å². The molecule has 2 unspecified atom stereocenters. The van der Waals surface area contributed by atoms with Crippen molar-refractivity contribution < 1.29 is 9.63 Å². The zero-order chi connectivity index (χ0) is 14.1. The predicted octanol–water partition coefficient (Wildman–Crippen LogP) is 2.65. The molecule has 108 valence electrons. The molecule has 2 atom stereocenters. The second-order valence-electron chi connectivity index (χ2n) is 7.08. The van der Waals surface area contributed by atoms with Gasteiger partial charge in [0.2, 0.25) is 0 Å². The molecule has 0 saturated heterocycles. The molecule has 2 N–H and O–H groups in total. The number of aromatic nitrogens is 1. The number of hydrogen-bond donors (Lipinski definition) is 2. The van der Waals surface area contributed by atoms with Crippen molar-refractivity contribution in [3.05, 3.63) is 17.5 Å². The predicted molar refractivity (Wildman–Crippen MR) is 74.7 cm³/mol. The number of aryl methyl sites for hydroxylation is 1. The smallest absolute Gasteiger partial charge is 0.133 e. The van der Waals surface area contributed by atoms with Crippen molar-refractivity contribution in [2.45, 2.75) is 59.0 Å². The molecular weight excluding hydrogens is 240 g/mol. The van der Waals surface area contributed by atoms with Gasteiger partial charge in [0, 0.05) is 18.2 Å². The Morgan fingerprint density at radius 2 is 2.21 bits per heavy atom. The number of aliphatic hydroxyl groups is 1. The Kier molecular flexibility index (Phi) is 4.02. The van der Waals surface area contributed by atoms with E-state index >= 15 is 0 Å². The minimum atomic E-state index is -0.186. The van der Waals surface area contributed by atoms with Crippen LogP contribution in [0.1, 0.15) is 51.5 Å². The molecule has 0 radical (unpaired) electrons. The summed E-state index contributed by atoms with van der Waals surface area (Å²) in [7, 11) is 0. The van der Waals surface area contributed by atoms with Crippen LogP contribution in [-0.4, -0.2) is 22.4 Å². The molecule has 1 heterocycles. The van der Waals surface area contributed by atoms with Gasteiger partial charge in [0.15, 0.2) is 0 Å². The Balaban J connectivity index is 2.05. The van der Waals surface area contributed by atoms with Gasteiger partial charge in [-0.2, -0.15) is 0 Å². The summed E-state index contributed by atoms with van der Waals surface area (Å²) in [5.74, 6) is 1.45. The largest absolute Gasteiger partial charge is 0.394 e. The Bertz CT molecular complexity index is 428. The first kappa shape index (κ1) is 14.5.